The number of nitrogens with zero attached hydrogens (tertiary/aromatic N) is 2. The quantitative estimate of drug-likeness (QED) is 0.567. The molecule has 1 fully saturated rings. The van der Waals surface area contributed by atoms with E-state index in [-0.39, 0.29) is 5.75 Å². The number of aromatic hydroxyl groups is 1. The Morgan fingerprint density at radius 3 is 2.68 bits per heavy atom. The van der Waals surface area contributed by atoms with Gasteiger partial charge in [0.25, 0.3) is 5.91 Å². The van der Waals surface area contributed by atoms with Gasteiger partial charge in [-0.1, -0.05) is 12.1 Å². The third kappa shape index (κ3) is 3.70. The molecule has 0 spiro atoms. The summed E-state index contributed by atoms with van der Waals surface area (Å²) >= 11 is 1.25. The van der Waals surface area contributed by atoms with Crippen LogP contribution in [-0.2, 0) is 0 Å². The van der Waals surface area contributed by atoms with Crippen molar-refractivity contribution in [2.75, 3.05) is 12.4 Å². The topological polar surface area (TPSA) is 127 Å². The van der Waals surface area contributed by atoms with E-state index < -0.39 is 5.91 Å². The minimum absolute atomic E-state index is 0.163. The molecule has 0 radical (unpaired) electrons. The van der Waals surface area contributed by atoms with Crippen LogP contribution in [0.15, 0.2) is 30.3 Å². The van der Waals surface area contributed by atoms with E-state index in [1.165, 1.54) is 18.4 Å². The van der Waals surface area contributed by atoms with E-state index in [9.17, 15) is 9.90 Å². The highest BCUT2D eigenvalue weighted by atomic mass is 32.1. The largest absolute Gasteiger partial charge is 0.508 e. The summed E-state index contributed by atoms with van der Waals surface area (Å²) in [4.78, 5) is 21.7. The molecule has 7 nitrogen and oxygen atoms in total. The van der Waals surface area contributed by atoms with Crippen molar-refractivity contribution in [1.29, 1.82) is 0 Å². The lowest BCUT2D eigenvalue weighted by atomic mass is 10.1. The first-order valence-electron chi connectivity index (χ1n) is 7.85. The van der Waals surface area contributed by atoms with Gasteiger partial charge >= 0.3 is 0 Å². The van der Waals surface area contributed by atoms with Crippen molar-refractivity contribution in [1.82, 2.24) is 9.97 Å². The van der Waals surface area contributed by atoms with Gasteiger partial charge in [-0.05, 0) is 38.1 Å². The fourth-order valence-electron chi connectivity index (χ4n) is 2.39. The smallest absolute Gasteiger partial charge is 0.258 e. The molecule has 130 valence electrons. The van der Waals surface area contributed by atoms with Crippen LogP contribution >= 0.6 is 11.3 Å². The Kier molecular flexibility index (Phi) is 4.82. The summed E-state index contributed by atoms with van der Waals surface area (Å²) < 4.78 is 0. The van der Waals surface area contributed by atoms with Gasteiger partial charge in [-0.2, -0.15) is 0 Å². The van der Waals surface area contributed by atoms with Crippen LogP contribution in [0.5, 0.6) is 5.75 Å². The Morgan fingerprint density at radius 1 is 1.28 bits per heavy atom. The fourth-order valence-corrected chi connectivity index (χ4v) is 3.27. The zero-order valence-corrected chi connectivity index (χ0v) is 14.5. The van der Waals surface area contributed by atoms with Gasteiger partial charge in [0, 0.05) is 17.0 Å². The number of nitrogens with one attached hydrogen (secondary N) is 1. The van der Waals surface area contributed by atoms with Crippen molar-refractivity contribution < 1.29 is 9.90 Å². The van der Waals surface area contributed by atoms with Gasteiger partial charge in [0.1, 0.15) is 10.6 Å². The molecule has 4 rings (SSSR count). The highest BCUT2D eigenvalue weighted by Crippen LogP contribution is 2.34. The molecule has 1 aliphatic carbocycles. The predicted octanol–water partition coefficient (Wildman–Crippen LogP) is 2.31. The fraction of sp³-hybridized carbons (Fsp3) is 0.235. The maximum Gasteiger partial charge on any atom is 0.258 e. The normalized spacial score (nSPS) is 13.2. The van der Waals surface area contributed by atoms with Crippen molar-refractivity contribution in [2.24, 2.45) is 11.5 Å². The summed E-state index contributed by atoms with van der Waals surface area (Å²) in [5.74, 6) is 0.221. The number of thiophene rings is 1. The number of phenolic OH excluding ortho intramolecular Hbond substituents is 1. The van der Waals surface area contributed by atoms with Crippen molar-refractivity contribution in [2.45, 2.75) is 18.9 Å². The zero-order chi connectivity index (χ0) is 18.0. The van der Waals surface area contributed by atoms with Crippen molar-refractivity contribution in [3.05, 3.63) is 35.2 Å². The first-order valence-corrected chi connectivity index (χ1v) is 8.67. The number of nitrogens with two attached hydrogens (primary N) is 2. The highest BCUT2D eigenvalue weighted by molar-refractivity contribution is 7.20. The average molecular weight is 357 g/mol. The van der Waals surface area contributed by atoms with Crippen LogP contribution in [0.3, 0.4) is 0 Å². The molecule has 1 aromatic carbocycles. The van der Waals surface area contributed by atoms with Crippen LogP contribution in [-0.4, -0.2) is 34.1 Å². The number of carbonyl (C=O) groups is 1. The number of hydrogen-bond donors (Lipinski definition) is 4. The van der Waals surface area contributed by atoms with Crippen LogP contribution in [0.25, 0.3) is 21.5 Å². The first-order chi connectivity index (χ1) is 12.1. The number of rotatable bonds is 4. The number of benzene rings is 1. The molecule has 2 heterocycles. The maximum atomic E-state index is 11.5. The number of amides is 1. The molecule has 1 amide bonds. The van der Waals surface area contributed by atoms with Crippen LogP contribution in [0.4, 0.5) is 5.95 Å². The van der Waals surface area contributed by atoms with Crippen molar-refractivity contribution >= 4 is 33.4 Å². The second-order valence-electron chi connectivity index (χ2n) is 5.56. The predicted molar refractivity (Wildman–Crippen MR) is 99.8 cm³/mol. The van der Waals surface area contributed by atoms with Gasteiger partial charge < -0.3 is 21.9 Å². The average Bonchev–Trinajstić information content (AvgIpc) is 3.31. The van der Waals surface area contributed by atoms with Gasteiger partial charge in [-0.25, -0.2) is 9.97 Å². The molecule has 1 saturated carbocycles. The second-order valence-corrected chi connectivity index (χ2v) is 6.59. The molecule has 3 aromatic rings. The van der Waals surface area contributed by atoms with E-state index in [2.05, 4.69) is 21.0 Å². The van der Waals surface area contributed by atoms with Crippen molar-refractivity contribution in [3.8, 4) is 17.0 Å². The molecular weight excluding hydrogens is 338 g/mol. The van der Waals surface area contributed by atoms with E-state index in [1.807, 2.05) is 6.07 Å². The molecule has 0 unspecified atom stereocenters. The third-order valence-electron chi connectivity index (χ3n) is 3.67. The highest BCUT2D eigenvalue weighted by Gasteiger charge is 2.23. The molecule has 1 aliphatic rings. The van der Waals surface area contributed by atoms with E-state index >= 15 is 0 Å². The summed E-state index contributed by atoms with van der Waals surface area (Å²) in [7, 11) is 1.50. The molecule has 0 saturated heterocycles. The Hall–Kier alpha value is -2.71. The van der Waals surface area contributed by atoms with Gasteiger partial charge in [-0.15, -0.1) is 11.3 Å². The second kappa shape index (κ2) is 7.04. The lowest BCUT2D eigenvalue weighted by molar-refractivity contribution is 0.100. The van der Waals surface area contributed by atoms with Gasteiger partial charge in [0.05, 0.1) is 10.6 Å². The summed E-state index contributed by atoms with van der Waals surface area (Å²) in [5, 5.41) is 13.8. The number of aromatic nitrogens is 2. The molecular formula is C17H19N5O2S. The number of primary amides is 1. The van der Waals surface area contributed by atoms with Crippen LogP contribution < -0.4 is 16.8 Å². The minimum Gasteiger partial charge on any atom is -0.508 e. The maximum absolute atomic E-state index is 11.5. The van der Waals surface area contributed by atoms with Crippen LogP contribution in [0, 0.1) is 0 Å². The SMILES string of the molecule is CN.NC(=O)c1cc2c(-c3cccc(O)c3)nc(NC3CC3)nc2s1. The lowest BCUT2D eigenvalue weighted by Crippen LogP contribution is -2.08. The summed E-state index contributed by atoms with van der Waals surface area (Å²) in [5.41, 5.74) is 11.3. The number of carbonyl (C=O) groups excluding carboxylic acids is 1. The van der Waals surface area contributed by atoms with E-state index in [0.29, 0.717) is 27.4 Å². The Morgan fingerprint density at radius 2 is 2.04 bits per heavy atom. The number of phenols is 1. The summed E-state index contributed by atoms with van der Waals surface area (Å²) in [6.07, 6.45) is 2.22. The Balaban J connectivity index is 0.000000880. The van der Waals surface area contributed by atoms with Gasteiger partial charge in [0.15, 0.2) is 0 Å². The minimum atomic E-state index is -0.480. The molecule has 0 bridgehead atoms. The number of hydrogen-bond acceptors (Lipinski definition) is 7. The summed E-state index contributed by atoms with van der Waals surface area (Å²) in [6, 6.07) is 9.00. The first kappa shape index (κ1) is 17.1. The summed E-state index contributed by atoms with van der Waals surface area (Å²) in [6.45, 7) is 0. The van der Waals surface area contributed by atoms with Gasteiger partial charge in [0.2, 0.25) is 5.95 Å². The third-order valence-corrected chi connectivity index (χ3v) is 4.71. The van der Waals surface area contributed by atoms with Crippen molar-refractivity contribution in [3.63, 3.8) is 0 Å². The lowest BCUT2D eigenvalue weighted by Gasteiger charge is -2.07. The molecule has 8 heteroatoms. The standard InChI is InChI=1S/C16H14N4O2S.CH5N/c17-14(22)12-7-11-13(8-2-1-3-10(21)6-8)19-16(18-9-4-5-9)20-15(11)23-12;1-2/h1-3,6-7,9,21H,4-5H2,(H2,17,22)(H,18,19,20);2H2,1H3. The number of fused-ring (bicyclic) bond motifs is 1. The van der Waals surface area contributed by atoms with Crippen LogP contribution in [0.2, 0.25) is 0 Å². The molecule has 0 aliphatic heterocycles. The zero-order valence-electron chi connectivity index (χ0n) is 13.7. The van der Waals surface area contributed by atoms with Crippen LogP contribution in [0.1, 0.15) is 22.5 Å². The Labute approximate surface area is 148 Å². The van der Waals surface area contributed by atoms with E-state index in [4.69, 9.17) is 5.73 Å². The van der Waals surface area contributed by atoms with E-state index in [1.54, 1.807) is 24.3 Å². The molecule has 25 heavy (non-hydrogen) atoms. The van der Waals surface area contributed by atoms with E-state index in [0.717, 1.165) is 23.8 Å². The number of anilines is 1. The van der Waals surface area contributed by atoms with Gasteiger partial charge in [-0.3, -0.25) is 4.79 Å². The molecule has 2 aromatic heterocycles. The Bertz CT molecular complexity index is 921. The molecule has 0 atom stereocenters. The monoisotopic (exact) mass is 357 g/mol. The molecule has 6 N–H and O–H groups in total.